The van der Waals surface area contributed by atoms with Crippen LogP contribution in [0, 0.1) is 5.82 Å². The molecule has 116 valence electrons. The number of halogens is 1. The van der Waals surface area contributed by atoms with E-state index in [1.165, 1.54) is 10.9 Å². The molecule has 3 nitrogen and oxygen atoms in total. The number of Topliss-reactive ketones (excluding diaryl/α,β-unsaturated/α-hetero) is 1. The highest BCUT2D eigenvalue weighted by Crippen LogP contribution is 2.22. The van der Waals surface area contributed by atoms with Gasteiger partial charge in [0, 0.05) is 36.0 Å². The molecule has 1 aromatic carbocycles. The van der Waals surface area contributed by atoms with Gasteiger partial charge in [-0.2, -0.15) is 0 Å². The highest BCUT2D eigenvalue weighted by molar-refractivity contribution is 7.09. The molecule has 1 aliphatic rings. The Labute approximate surface area is 133 Å². The van der Waals surface area contributed by atoms with E-state index in [9.17, 15) is 9.18 Å². The summed E-state index contributed by atoms with van der Waals surface area (Å²) < 4.78 is 14.0. The lowest BCUT2D eigenvalue weighted by Gasteiger charge is -2.19. The number of carbonyl (C=O) groups is 1. The van der Waals surface area contributed by atoms with Crippen molar-refractivity contribution in [2.45, 2.75) is 24.9 Å². The predicted octanol–water partition coefficient (Wildman–Crippen LogP) is 2.69. The summed E-state index contributed by atoms with van der Waals surface area (Å²) in [4.78, 5) is 13.4. The number of hydrogen-bond acceptors (Lipinski definition) is 4. The van der Waals surface area contributed by atoms with Crippen molar-refractivity contribution in [3.8, 4) is 0 Å². The maximum absolute atomic E-state index is 14.0. The molecular weight excluding hydrogens is 299 g/mol. The van der Waals surface area contributed by atoms with Crippen LogP contribution < -0.4 is 10.6 Å². The van der Waals surface area contributed by atoms with E-state index in [0.29, 0.717) is 12.0 Å². The van der Waals surface area contributed by atoms with Gasteiger partial charge in [0.25, 0.3) is 0 Å². The molecule has 5 heteroatoms. The summed E-state index contributed by atoms with van der Waals surface area (Å²) in [6.07, 6.45) is 1.21. The van der Waals surface area contributed by atoms with Crippen molar-refractivity contribution < 1.29 is 9.18 Å². The zero-order valence-electron chi connectivity index (χ0n) is 12.2. The molecule has 0 radical (unpaired) electrons. The fourth-order valence-corrected chi connectivity index (χ4v) is 3.21. The lowest BCUT2D eigenvalue weighted by atomic mass is 9.99. The van der Waals surface area contributed by atoms with Gasteiger partial charge in [0.15, 0.2) is 5.78 Å². The van der Waals surface area contributed by atoms with Gasteiger partial charge in [-0.3, -0.25) is 4.79 Å². The predicted molar refractivity (Wildman–Crippen MR) is 86.6 cm³/mol. The molecule has 2 atom stereocenters. The first-order valence-corrected chi connectivity index (χ1v) is 8.38. The summed E-state index contributed by atoms with van der Waals surface area (Å²) in [5.41, 5.74) is 0.572. The third-order valence-corrected chi connectivity index (χ3v) is 4.76. The van der Waals surface area contributed by atoms with Crippen LogP contribution in [0.15, 0.2) is 41.8 Å². The molecule has 2 aromatic rings. The fraction of sp³-hybridized carbons (Fsp3) is 0.353. The van der Waals surface area contributed by atoms with Gasteiger partial charge in [-0.05, 0) is 23.9 Å². The molecular formula is C17H19FN2OS. The Balaban J connectivity index is 1.65. The number of rotatable bonds is 8. The molecule has 22 heavy (non-hydrogen) atoms. The number of ketones is 1. The third kappa shape index (κ3) is 4.00. The molecule has 0 amide bonds. The van der Waals surface area contributed by atoms with Crippen LogP contribution in [-0.2, 0) is 11.2 Å². The van der Waals surface area contributed by atoms with E-state index in [0.717, 1.165) is 19.5 Å². The van der Waals surface area contributed by atoms with Crippen LogP contribution in [0.2, 0.25) is 0 Å². The third-order valence-electron chi connectivity index (χ3n) is 3.83. The Hall–Kier alpha value is -1.56. The first-order valence-electron chi connectivity index (χ1n) is 7.50. The number of thiophene rings is 1. The van der Waals surface area contributed by atoms with Crippen LogP contribution in [0.4, 0.5) is 4.39 Å². The maximum atomic E-state index is 14.0. The lowest BCUT2D eigenvalue weighted by Crippen LogP contribution is -2.28. The van der Waals surface area contributed by atoms with E-state index in [1.807, 2.05) is 17.5 Å². The summed E-state index contributed by atoms with van der Waals surface area (Å²) in [7, 11) is 0. The van der Waals surface area contributed by atoms with Gasteiger partial charge in [0.1, 0.15) is 5.82 Å². The first kappa shape index (κ1) is 15.3. The second kappa shape index (κ2) is 7.13. The molecule has 1 aromatic heterocycles. The van der Waals surface area contributed by atoms with Crippen molar-refractivity contribution >= 4 is 17.1 Å². The van der Waals surface area contributed by atoms with E-state index < -0.39 is 0 Å². The molecule has 0 bridgehead atoms. The van der Waals surface area contributed by atoms with Gasteiger partial charge >= 0.3 is 0 Å². The van der Waals surface area contributed by atoms with Crippen LogP contribution in [0.3, 0.4) is 0 Å². The number of hydrogen-bond donors (Lipinski definition) is 2. The Morgan fingerprint density at radius 3 is 2.86 bits per heavy atom. The minimum atomic E-state index is -0.268. The average Bonchev–Trinajstić information content (AvgIpc) is 3.25. The maximum Gasteiger partial charge on any atom is 0.152 e. The summed E-state index contributed by atoms with van der Waals surface area (Å²) >= 11 is 1.71. The van der Waals surface area contributed by atoms with Crippen LogP contribution in [0.25, 0.3) is 0 Å². The standard InChI is InChI=1S/C17H19FN2OS/c18-14-6-2-1-5-13(14)15(10-17(21)16-11-20-16)19-8-7-12-4-3-9-22-12/h1-6,9,15-16,19-20H,7-8,10-11H2. The summed E-state index contributed by atoms with van der Waals surface area (Å²) in [6.45, 7) is 1.48. The molecule has 0 saturated carbocycles. The minimum absolute atomic E-state index is 0.0339. The highest BCUT2D eigenvalue weighted by Gasteiger charge is 2.31. The van der Waals surface area contributed by atoms with Crippen LogP contribution in [0.5, 0.6) is 0 Å². The Morgan fingerprint density at radius 1 is 1.36 bits per heavy atom. The van der Waals surface area contributed by atoms with Gasteiger partial charge in [0.2, 0.25) is 0 Å². The molecule has 1 aliphatic heterocycles. The topological polar surface area (TPSA) is 51.0 Å². The molecule has 3 rings (SSSR count). The van der Waals surface area contributed by atoms with Crippen molar-refractivity contribution in [3.63, 3.8) is 0 Å². The molecule has 2 N–H and O–H groups in total. The van der Waals surface area contributed by atoms with E-state index in [2.05, 4.69) is 16.7 Å². The Morgan fingerprint density at radius 2 is 2.18 bits per heavy atom. The second-order valence-electron chi connectivity index (χ2n) is 5.49. The molecule has 1 saturated heterocycles. The molecule has 1 fully saturated rings. The highest BCUT2D eigenvalue weighted by atomic mass is 32.1. The average molecular weight is 318 g/mol. The van der Waals surface area contributed by atoms with E-state index >= 15 is 0 Å². The van der Waals surface area contributed by atoms with Gasteiger partial charge in [-0.1, -0.05) is 24.3 Å². The Kier molecular flexibility index (Phi) is 4.97. The van der Waals surface area contributed by atoms with Crippen molar-refractivity contribution in [3.05, 3.63) is 58.0 Å². The normalized spacial score (nSPS) is 18.1. The van der Waals surface area contributed by atoms with Gasteiger partial charge in [-0.25, -0.2) is 4.39 Å². The minimum Gasteiger partial charge on any atom is -0.309 e. The number of nitrogens with one attached hydrogen (secondary N) is 2. The van der Waals surface area contributed by atoms with Crippen LogP contribution >= 0.6 is 11.3 Å². The van der Waals surface area contributed by atoms with Crippen molar-refractivity contribution in [1.82, 2.24) is 10.6 Å². The van der Waals surface area contributed by atoms with Gasteiger partial charge in [0.05, 0.1) is 6.04 Å². The van der Waals surface area contributed by atoms with Crippen LogP contribution in [0.1, 0.15) is 22.9 Å². The molecule has 2 heterocycles. The number of carbonyl (C=O) groups excluding carboxylic acids is 1. The molecule has 2 unspecified atom stereocenters. The summed E-state index contributed by atoms with van der Waals surface area (Å²) in [6, 6.07) is 10.5. The van der Waals surface area contributed by atoms with E-state index in [-0.39, 0.29) is 23.7 Å². The summed E-state index contributed by atoms with van der Waals surface area (Å²) in [5.74, 6) is -0.107. The van der Waals surface area contributed by atoms with Gasteiger partial charge in [-0.15, -0.1) is 11.3 Å². The smallest absolute Gasteiger partial charge is 0.152 e. The van der Waals surface area contributed by atoms with Gasteiger partial charge < -0.3 is 10.6 Å². The van der Waals surface area contributed by atoms with Crippen molar-refractivity contribution in [1.29, 1.82) is 0 Å². The first-order chi connectivity index (χ1) is 10.7. The molecule has 0 aliphatic carbocycles. The van der Waals surface area contributed by atoms with E-state index in [1.54, 1.807) is 23.5 Å². The molecule has 0 spiro atoms. The zero-order chi connectivity index (χ0) is 15.4. The van der Waals surface area contributed by atoms with Crippen molar-refractivity contribution in [2.24, 2.45) is 0 Å². The summed E-state index contributed by atoms with van der Waals surface area (Å²) in [5, 5.41) is 8.41. The zero-order valence-corrected chi connectivity index (χ0v) is 13.0. The second-order valence-corrected chi connectivity index (χ2v) is 6.52. The number of benzene rings is 1. The van der Waals surface area contributed by atoms with E-state index in [4.69, 9.17) is 0 Å². The monoisotopic (exact) mass is 318 g/mol. The fourth-order valence-electron chi connectivity index (χ4n) is 2.50. The Bertz CT molecular complexity index is 625. The van der Waals surface area contributed by atoms with Crippen LogP contribution in [-0.4, -0.2) is 24.9 Å². The lowest BCUT2D eigenvalue weighted by molar-refractivity contribution is -0.119. The largest absolute Gasteiger partial charge is 0.309 e. The van der Waals surface area contributed by atoms with Crippen molar-refractivity contribution in [2.75, 3.05) is 13.1 Å². The quantitative estimate of drug-likeness (QED) is 0.736. The SMILES string of the molecule is O=C(CC(NCCc1cccs1)c1ccccc1F)C1CN1.